The second kappa shape index (κ2) is 8.14. The molecule has 6 nitrogen and oxygen atoms in total. The molecule has 3 rings (SSSR count). The molecule has 1 aromatic heterocycles. The number of methoxy groups -OCH3 is 2. The highest BCUT2D eigenvalue weighted by Crippen LogP contribution is 2.32. The van der Waals surface area contributed by atoms with E-state index in [4.69, 9.17) is 21.1 Å². The molecular weight excluding hydrogens is 364 g/mol. The minimum absolute atomic E-state index is 0.604. The largest absolute Gasteiger partial charge is 0.495 e. The predicted octanol–water partition coefficient (Wildman–Crippen LogP) is 5.25. The third-order valence-electron chi connectivity index (χ3n) is 3.88. The first-order valence-electron chi connectivity index (χ1n) is 8.36. The summed E-state index contributed by atoms with van der Waals surface area (Å²) >= 11 is 6.10. The van der Waals surface area contributed by atoms with Crippen molar-refractivity contribution in [3.8, 4) is 11.5 Å². The number of halogens is 1. The van der Waals surface area contributed by atoms with Crippen LogP contribution in [0.25, 0.3) is 0 Å². The average molecular weight is 385 g/mol. The number of anilines is 4. The van der Waals surface area contributed by atoms with Crippen LogP contribution in [0.4, 0.5) is 23.0 Å². The minimum atomic E-state index is 0.604. The molecule has 27 heavy (non-hydrogen) atoms. The maximum absolute atomic E-state index is 6.10. The van der Waals surface area contributed by atoms with E-state index in [-0.39, 0.29) is 0 Å². The number of hydrogen-bond donors (Lipinski definition) is 2. The molecule has 7 heteroatoms. The van der Waals surface area contributed by atoms with E-state index < -0.39 is 0 Å². The van der Waals surface area contributed by atoms with Crippen molar-refractivity contribution >= 4 is 34.6 Å². The van der Waals surface area contributed by atoms with Gasteiger partial charge in [0.05, 0.1) is 25.6 Å². The lowest BCUT2D eigenvalue weighted by Gasteiger charge is -2.14. The highest BCUT2D eigenvalue weighted by molar-refractivity contribution is 6.31. The second-order valence-corrected chi connectivity index (χ2v) is 6.42. The summed E-state index contributed by atoms with van der Waals surface area (Å²) < 4.78 is 10.8. The summed E-state index contributed by atoms with van der Waals surface area (Å²) in [6.07, 6.45) is 0. The molecule has 3 aromatic rings. The Morgan fingerprint density at radius 2 is 1.33 bits per heavy atom. The fourth-order valence-corrected chi connectivity index (χ4v) is 2.84. The fraction of sp³-hybridized carbons (Fsp3) is 0.200. The van der Waals surface area contributed by atoms with Crippen molar-refractivity contribution in [1.82, 2.24) is 9.97 Å². The third kappa shape index (κ3) is 4.60. The van der Waals surface area contributed by atoms with Crippen LogP contribution in [0.15, 0.2) is 42.5 Å². The minimum Gasteiger partial charge on any atom is -0.495 e. The van der Waals surface area contributed by atoms with Gasteiger partial charge >= 0.3 is 0 Å². The van der Waals surface area contributed by atoms with Crippen molar-refractivity contribution in [2.45, 2.75) is 13.8 Å². The molecule has 0 unspecified atom stereocenters. The molecule has 0 spiro atoms. The highest BCUT2D eigenvalue weighted by Gasteiger charge is 2.09. The Kier molecular flexibility index (Phi) is 5.66. The first-order valence-corrected chi connectivity index (χ1v) is 8.74. The van der Waals surface area contributed by atoms with Gasteiger partial charge < -0.3 is 20.1 Å². The van der Waals surface area contributed by atoms with Gasteiger partial charge in [0.25, 0.3) is 0 Å². The van der Waals surface area contributed by atoms with Crippen molar-refractivity contribution < 1.29 is 9.47 Å². The second-order valence-electron chi connectivity index (χ2n) is 5.98. The lowest BCUT2D eigenvalue weighted by atomic mass is 10.2. The maximum Gasteiger partial charge on any atom is 0.142 e. The predicted molar refractivity (Wildman–Crippen MR) is 109 cm³/mol. The molecule has 0 aliphatic heterocycles. The van der Waals surface area contributed by atoms with E-state index in [1.807, 2.05) is 38.1 Å². The van der Waals surface area contributed by atoms with Gasteiger partial charge in [-0.2, -0.15) is 0 Å². The Labute approximate surface area is 163 Å². The van der Waals surface area contributed by atoms with E-state index in [0.717, 1.165) is 22.7 Å². The zero-order valence-corrected chi connectivity index (χ0v) is 16.4. The third-order valence-corrected chi connectivity index (χ3v) is 4.12. The van der Waals surface area contributed by atoms with Crippen LogP contribution in [-0.2, 0) is 0 Å². The van der Waals surface area contributed by atoms with E-state index in [1.54, 1.807) is 32.4 Å². The van der Waals surface area contributed by atoms with Crippen LogP contribution >= 0.6 is 11.6 Å². The summed E-state index contributed by atoms with van der Waals surface area (Å²) in [6, 6.07) is 13.1. The zero-order valence-electron chi connectivity index (χ0n) is 15.6. The van der Waals surface area contributed by atoms with Crippen LogP contribution in [0.2, 0.25) is 5.02 Å². The number of nitrogens with one attached hydrogen (secondary N) is 2. The summed E-state index contributed by atoms with van der Waals surface area (Å²) in [4.78, 5) is 8.90. The van der Waals surface area contributed by atoms with Crippen LogP contribution in [0.5, 0.6) is 11.5 Å². The number of benzene rings is 2. The molecule has 140 valence electrons. The Balaban J connectivity index is 1.92. The van der Waals surface area contributed by atoms with Crippen LogP contribution < -0.4 is 20.1 Å². The molecule has 0 radical (unpaired) electrons. The van der Waals surface area contributed by atoms with Crippen LogP contribution in [0, 0.1) is 13.8 Å². The smallest absolute Gasteiger partial charge is 0.142 e. The van der Waals surface area contributed by atoms with Crippen LogP contribution in [0.3, 0.4) is 0 Å². The lowest BCUT2D eigenvalue weighted by Crippen LogP contribution is -2.03. The number of hydrogen-bond acceptors (Lipinski definition) is 6. The molecule has 0 aliphatic carbocycles. The molecular formula is C20H21ClN4O2. The average Bonchev–Trinajstić information content (AvgIpc) is 2.61. The number of aryl methyl sites for hydroxylation is 2. The Morgan fingerprint density at radius 1 is 0.778 bits per heavy atom. The summed E-state index contributed by atoms with van der Waals surface area (Å²) in [5, 5.41) is 7.14. The summed E-state index contributed by atoms with van der Waals surface area (Å²) in [6.45, 7) is 3.85. The molecule has 0 amide bonds. The van der Waals surface area contributed by atoms with E-state index in [2.05, 4.69) is 20.6 Å². The molecule has 0 bridgehead atoms. The maximum atomic E-state index is 6.10. The normalized spacial score (nSPS) is 10.4. The summed E-state index contributed by atoms with van der Waals surface area (Å²) in [7, 11) is 3.25. The van der Waals surface area contributed by atoms with E-state index in [1.165, 1.54) is 0 Å². The Bertz CT molecular complexity index is 889. The molecule has 0 aliphatic rings. The molecule has 0 atom stereocenters. The quantitative estimate of drug-likeness (QED) is 0.604. The van der Waals surface area contributed by atoms with Gasteiger partial charge in [-0.05, 0) is 49.7 Å². The van der Waals surface area contributed by atoms with Gasteiger partial charge in [0.1, 0.15) is 29.0 Å². The Morgan fingerprint density at radius 3 is 1.93 bits per heavy atom. The van der Waals surface area contributed by atoms with Gasteiger partial charge in [0.15, 0.2) is 0 Å². The van der Waals surface area contributed by atoms with E-state index in [0.29, 0.717) is 28.2 Å². The lowest BCUT2D eigenvalue weighted by molar-refractivity contribution is 0.416. The molecule has 0 saturated carbocycles. The fourth-order valence-electron chi connectivity index (χ4n) is 2.67. The first-order chi connectivity index (χ1) is 13.0. The SMILES string of the molecule is COc1ccc(C)cc1Nc1cc(Nc2cc(Cl)ccc2OC)nc(C)n1. The van der Waals surface area contributed by atoms with Gasteiger partial charge in [-0.25, -0.2) is 9.97 Å². The van der Waals surface area contributed by atoms with Gasteiger partial charge in [-0.15, -0.1) is 0 Å². The monoisotopic (exact) mass is 384 g/mol. The summed E-state index contributed by atoms with van der Waals surface area (Å²) in [5.41, 5.74) is 2.68. The number of aromatic nitrogens is 2. The van der Waals surface area contributed by atoms with Crippen LogP contribution in [0.1, 0.15) is 11.4 Å². The van der Waals surface area contributed by atoms with Gasteiger partial charge in [0, 0.05) is 11.1 Å². The number of ether oxygens (including phenoxy) is 2. The van der Waals surface area contributed by atoms with Gasteiger partial charge in [0.2, 0.25) is 0 Å². The van der Waals surface area contributed by atoms with Crippen molar-refractivity contribution in [3.05, 3.63) is 58.9 Å². The molecule has 0 saturated heterocycles. The van der Waals surface area contributed by atoms with Crippen molar-refractivity contribution in [2.75, 3.05) is 24.9 Å². The number of rotatable bonds is 6. The summed E-state index contributed by atoms with van der Waals surface area (Å²) in [5.74, 6) is 3.30. The van der Waals surface area contributed by atoms with Crippen LogP contribution in [-0.4, -0.2) is 24.2 Å². The van der Waals surface area contributed by atoms with E-state index >= 15 is 0 Å². The van der Waals surface area contributed by atoms with Crippen molar-refractivity contribution in [2.24, 2.45) is 0 Å². The number of nitrogens with zero attached hydrogens (tertiary/aromatic N) is 2. The Hall–Kier alpha value is -2.99. The standard InChI is InChI=1S/C20H21ClN4O2/c1-12-5-7-17(26-3)15(9-12)24-19-11-20(23-13(2)22-19)25-16-10-14(21)6-8-18(16)27-4/h5-11H,1-4H3,(H2,22,23,24,25). The van der Waals surface area contributed by atoms with E-state index in [9.17, 15) is 0 Å². The molecule has 2 N–H and O–H groups in total. The van der Waals surface area contributed by atoms with Gasteiger partial charge in [-0.1, -0.05) is 17.7 Å². The first kappa shape index (κ1) is 18.8. The molecule has 1 heterocycles. The van der Waals surface area contributed by atoms with Crippen molar-refractivity contribution in [3.63, 3.8) is 0 Å². The topological polar surface area (TPSA) is 68.3 Å². The zero-order chi connectivity index (χ0) is 19.4. The highest BCUT2D eigenvalue weighted by atomic mass is 35.5. The van der Waals surface area contributed by atoms with Crippen molar-refractivity contribution in [1.29, 1.82) is 0 Å². The molecule has 2 aromatic carbocycles. The molecule has 0 fully saturated rings. The van der Waals surface area contributed by atoms with Gasteiger partial charge in [-0.3, -0.25) is 0 Å².